The van der Waals surface area contributed by atoms with Crippen molar-refractivity contribution in [1.82, 2.24) is 4.90 Å². The summed E-state index contributed by atoms with van der Waals surface area (Å²) in [5.74, 6) is 0. The van der Waals surface area contributed by atoms with Crippen LogP contribution in [0.3, 0.4) is 0 Å². The third-order valence-corrected chi connectivity index (χ3v) is 2.68. The molecule has 1 rings (SSSR count). The van der Waals surface area contributed by atoms with Crippen LogP contribution in [0.25, 0.3) is 0 Å². The molecule has 1 N–H and O–H groups in total. The van der Waals surface area contributed by atoms with Crippen molar-refractivity contribution in [2.45, 2.75) is 12.5 Å². The lowest BCUT2D eigenvalue weighted by molar-refractivity contribution is 0.179. The van der Waals surface area contributed by atoms with Crippen molar-refractivity contribution in [3.8, 4) is 0 Å². The Morgan fingerprint density at radius 3 is 2.91 bits per heavy atom. The SMILES string of the molecule is C=C(CBr)CN1CC[C@H](O)C1. The molecule has 0 aromatic rings. The van der Waals surface area contributed by atoms with Gasteiger partial charge in [0.25, 0.3) is 0 Å². The molecule has 1 saturated heterocycles. The quantitative estimate of drug-likeness (QED) is 0.566. The highest BCUT2D eigenvalue weighted by Gasteiger charge is 2.19. The van der Waals surface area contributed by atoms with E-state index < -0.39 is 0 Å². The fraction of sp³-hybridized carbons (Fsp3) is 0.750. The van der Waals surface area contributed by atoms with E-state index in [0.29, 0.717) is 0 Å². The van der Waals surface area contributed by atoms with Crippen LogP contribution in [0.15, 0.2) is 12.2 Å². The number of aliphatic hydroxyl groups is 1. The predicted molar refractivity (Wildman–Crippen MR) is 50.0 cm³/mol. The summed E-state index contributed by atoms with van der Waals surface area (Å²) in [7, 11) is 0. The van der Waals surface area contributed by atoms with Gasteiger partial charge in [-0.1, -0.05) is 28.1 Å². The third kappa shape index (κ3) is 2.93. The normalized spacial score (nSPS) is 25.8. The number of hydrogen-bond donors (Lipinski definition) is 1. The zero-order chi connectivity index (χ0) is 8.27. The van der Waals surface area contributed by atoms with Crippen LogP contribution in [-0.4, -0.2) is 41.1 Å². The summed E-state index contributed by atoms with van der Waals surface area (Å²) < 4.78 is 0. The molecule has 64 valence electrons. The maximum atomic E-state index is 9.20. The molecule has 0 amide bonds. The van der Waals surface area contributed by atoms with Crippen molar-refractivity contribution in [2.24, 2.45) is 0 Å². The summed E-state index contributed by atoms with van der Waals surface area (Å²) in [4.78, 5) is 2.23. The van der Waals surface area contributed by atoms with Crippen LogP contribution in [0.4, 0.5) is 0 Å². The van der Waals surface area contributed by atoms with E-state index in [1.54, 1.807) is 0 Å². The predicted octanol–water partition coefficient (Wildman–Crippen LogP) is 1.00. The molecule has 0 saturated carbocycles. The molecule has 11 heavy (non-hydrogen) atoms. The van der Waals surface area contributed by atoms with Gasteiger partial charge in [-0.2, -0.15) is 0 Å². The van der Waals surface area contributed by atoms with Crippen molar-refractivity contribution < 1.29 is 5.11 Å². The molecule has 0 bridgehead atoms. The fourth-order valence-electron chi connectivity index (χ4n) is 1.31. The number of halogens is 1. The van der Waals surface area contributed by atoms with E-state index in [-0.39, 0.29) is 6.10 Å². The lowest BCUT2D eigenvalue weighted by atomic mass is 10.3. The van der Waals surface area contributed by atoms with E-state index >= 15 is 0 Å². The number of hydrogen-bond acceptors (Lipinski definition) is 2. The van der Waals surface area contributed by atoms with Crippen LogP contribution in [0.2, 0.25) is 0 Å². The number of β-amino-alcohol motifs (C(OH)–C–C–N with tert-alkyl or cyclic N) is 1. The Kier molecular flexibility index (Phi) is 3.55. The smallest absolute Gasteiger partial charge is 0.0679 e. The molecule has 0 aliphatic carbocycles. The largest absolute Gasteiger partial charge is 0.392 e. The Morgan fingerprint density at radius 1 is 1.73 bits per heavy atom. The molecule has 1 aliphatic rings. The molecule has 0 unspecified atom stereocenters. The first-order valence-electron chi connectivity index (χ1n) is 3.85. The highest BCUT2D eigenvalue weighted by molar-refractivity contribution is 9.09. The number of nitrogens with zero attached hydrogens (tertiary/aromatic N) is 1. The van der Waals surface area contributed by atoms with E-state index in [4.69, 9.17) is 0 Å². The fourth-order valence-corrected chi connectivity index (χ4v) is 1.49. The summed E-state index contributed by atoms with van der Waals surface area (Å²) in [6, 6.07) is 0. The number of likely N-dealkylation sites (tertiary alicyclic amines) is 1. The number of alkyl halides is 1. The van der Waals surface area contributed by atoms with Gasteiger partial charge in [0.15, 0.2) is 0 Å². The molecular formula is C8H14BrNO. The summed E-state index contributed by atoms with van der Waals surface area (Å²) in [5.41, 5.74) is 1.18. The maximum absolute atomic E-state index is 9.20. The van der Waals surface area contributed by atoms with E-state index in [1.807, 2.05) is 0 Å². The van der Waals surface area contributed by atoms with E-state index in [9.17, 15) is 5.11 Å². The van der Waals surface area contributed by atoms with Gasteiger partial charge < -0.3 is 5.11 Å². The maximum Gasteiger partial charge on any atom is 0.0679 e. The molecule has 0 spiro atoms. The van der Waals surface area contributed by atoms with Gasteiger partial charge in [-0.05, 0) is 6.42 Å². The van der Waals surface area contributed by atoms with Crippen LogP contribution >= 0.6 is 15.9 Å². The van der Waals surface area contributed by atoms with Gasteiger partial charge in [0, 0.05) is 25.0 Å². The molecule has 0 aromatic heterocycles. The minimum absolute atomic E-state index is 0.113. The Hall–Kier alpha value is 0.140. The van der Waals surface area contributed by atoms with Crippen LogP contribution in [0, 0.1) is 0 Å². The van der Waals surface area contributed by atoms with Gasteiger partial charge in [-0.3, -0.25) is 4.90 Å². The molecule has 1 aliphatic heterocycles. The van der Waals surface area contributed by atoms with Crippen molar-refractivity contribution in [1.29, 1.82) is 0 Å². The molecule has 2 nitrogen and oxygen atoms in total. The van der Waals surface area contributed by atoms with Gasteiger partial charge in [0.2, 0.25) is 0 Å². The summed E-state index contributed by atoms with van der Waals surface area (Å²) >= 11 is 3.35. The first-order valence-corrected chi connectivity index (χ1v) is 4.97. The molecule has 1 fully saturated rings. The van der Waals surface area contributed by atoms with Gasteiger partial charge in [-0.15, -0.1) is 0 Å². The number of aliphatic hydroxyl groups excluding tert-OH is 1. The van der Waals surface area contributed by atoms with E-state index in [0.717, 1.165) is 31.4 Å². The molecule has 1 heterocycles. The van der Waals surface area contributed by atoms with Crippen molar-refractivity contribution in [3.63, 3.8) is 0 Å². The molecule has 0 radical (unpaired) electrons. The summed E-state index contributed by atoms with van der Waals surface area (Å²) in [6.07, 6.45) is 0.799. The summed E-state index contributed by atoms with van der Waals surface area (Å²) in [6.45, 7) is 6.63. The average molecular weight is 220 g/mol. The molecule has 1 atom stereocenters. The standard InChI is InChI=1S/C8H14BrNO/c1-7(4-9)5-10-3-2-8(11)6-10/h8,11H,1-6H2/t8-/m0/s1. The Morgan fingerprint density at radius 2 is 2.45 bits per heavy atom. The van der Waals surface area contributed by atoms with Crippen molar-refractivity contribution in [2.75, 3.05) is 25.0 Å². The van der Waals surface area contributed by atoms with Gasteiger partial charge in [-0.25, -0.2) is 0 Å². The second-order valence-electron chi connectivity index (χ2n) is 3.06. The molecular weight excluding hydrogens is 206 g/mol. The molecule has 0 aromatic carbocycles. The first kappa shape index (κ1) is 9.23. The first-order chi connectivity index (χ1) is 5.22. The second-order valence-corrected chi connectivity index (χ2v) is 3.62. The number of rotatable bonds is 3. The third-order valence-electron chi connectivity index (χ3n) is 1.88. The lowest BCUT2D eigenvalue weighted by Gasteiger charge is -2.14. The van der Waals surface area contributed by atoms with E-state index in [2.05, 4.69) is 27.4 Å². The molecule has 3 heteroatoms. The minimum Gasteiger partial charge on any atom is -0.392 e. The van der Waals surface area contributed by atoms with Crippen LogP contribution < -0.4 is 0 Å². The van der Waals surface area contributed by atoms with E-state index in [1.165, 1.54) is 5.57 Å². The van der Waals surface area contributed by atoms with Crippen molar-refractivity contribution in [3.05, 3.63) is 12.2 Å². The van der Waals surface area contributed by atoms with Crippen molar-refractivity contribution >= 4 is 15.9 Å². The highest BCUT2D eigenvalue weighted by Crippen LogP contribution is 2.10. The zero-order valence-corrected chi connectivity index (χ0v) is 8.18. The lowest BCUT2D eigenvalue weighted by Crippen LogP contribution is -2.24. The topological polar surface area (TPSA) is 23.5 Å². The van der Waals surface area contributed by atoms with Crippen LogP contribution in [-0.2, 0) is 0 Å². The minimum atomic E-state index is -0.113. The summed E-state index contributed by atoms with van der Waals surface area (Å²) in [5, 5.41) is 10.1. The highest BCUT2D eigenvalue weighted by atomic mass is 79.9. The Labute approximate surface area is 76.0 Å². The van der Waals surface area contributed by atoms with Crippen LogP contribution in [0.5, 0.6) is 0 Å². The van der Waals surface area contributed by atoms with Gasteiger partial charge >= 0.3 is 0 Å². The van der Waals surface area contributed by atoms with Crippen LogP contribution in [0.1, 0.15) is 6.42 Å². The second kappa shape index (κ2) is 4.24. The average Bonchev–Trinajstić information content (AvgIpc) is 2.35. The van der Waals surface area contributed by atoms with Gasteiger partial charge in [0.1, 0.15) is 0 Å². The Balaban J connectivity index is 2.23. The zero-order valence-electron chi connectivity index (χ0n) is 6.59. The Bertz CT molecular complexity index is 149. The van der Waals surface area contributed by atoms with Gasteiger partial charge in [0.05, 0.1) is 6.10 Å². The monoisotopic (exact) mass is 219 g/mol.